The molecule has 0 saturated carbocycles. The normalized spacial score (nSPS) is 20.6. The lowest BCUT2D eigenvalue weighted by molar-refractivity contribution is 0.306. The van der Waals surface area contributed by atoms with Crippen molar-refractivity contribution in [2.45, 2.75) is 38.0 Å². The van der Waals surface area contributed by atoms with E-state index >= 15 is 0 Å². The van der Waals surface area contributed by atoms with E-state index in [1.165, 1.54) is 16.7 Å². The summed E-state index contributed by atoms with van der Waals surface area (Å²) in [5.74, 6) is 1.64. The number of fused-ring (bicyclic) bond motifs is 1. The minimum Gasteiger partial charge on any atom is -0.457 e. The van der Waals surface area contributed by atoms with Crippen molar-refractivity contribution in [3.63, 3.8) is 0 Å². The maximum atomic E-state index is 5.94. The molecule has 132 valence electrons. The lowest BCUT2D eigenvalue weighted by atomic mass is 9.63. The minimum absolute atomic E-state index is 0.0659. The van der Waals surface area contributed by atoms with Crippen molar-refractivity contribution < 1.29 is 4.74 Å². The average Bonchev–Trinajstić information content (AvgIpc) is 2.85. The first-order chi connectivity index (χ1) is 12.4. The molecular weight excluding hydrogens is 318 g/mol. The minimum atomic E-state index is 0.0659. The highest BCUT2D eigenvalue weighted by Gasteiger charge is 2.49. The second-order valence-electron chi connectivity index (χ2n) is 7.99. The highest BCUT2D eigenvalue weighted by atomic mass is 16.5. The summed E-state index contributed by atoms with van der Waals surface area (Å²) in [6.07, 6.45) is 1.06. The number of hydrogen-bond donors (Lipinski definition) is 1. The Labute approximate surface area is 155 Å². The summed E-state index contributed by atoms with van der Waals surface area (Å²) < 4.78 is 5.94. The molecule has 4 rings (SSSR count). The second kappa shape index (κ2) is 5.91. The summed E-state index contributed by atoms with van der Waals surface area (Å²) in [7, 11) is 0. The molecule has 0 fully saturated rings. The summed E-state index contributed by atoms with van der Waals surface area (Å²) in [4.78, 5) is 0. The first-order valence-electron chi connectivity index (χ1n) is 9.12. The topological polar surface area (TPSA) is 35.2 Å². The van der Waals surface area contributed by atoms with Crippen LogP contribution in [-0.2, 0) is 17.3 Å². The maximum absolute atomic E-state index is 5.94. The molecule has 0 amide bonds. The van der Waals surface area contributed by atoms with Gasteiger partial charge in [0.25, 0.3) is 0 Å². The van der Waals surface area contributed by atoms with Gasteiger partial charge in [-0.3, -0.25) is 0 Å². The molecule has 2 N–H and O–H groups in total. The van der Waals surface area contributed by atoms with Crippen molar-refractivity contribution in [2.75, 3.05) is 5.73 Å². The van der Waals surface area contributed by atoms with Crippen LogP contribution < -0.4 is 10.5 Å². The largest absolute Gasteiger partial charge is 0.457 e. The fraction of sp³-hybridized carbons (Fsp3) is 0.250. The van der Waals surface area contributed by atoms with E-state index in [1.807, 2.05) is 24.3 Å². The first kappa shape index (κ1) is 16.7. The number of benzene rings is 3. The van der Waals surface area contributed by atoms with Gasteiger partial charge in [0.15, 0.2) is 0 Å². The molecule has 26 heavy (non-hydrogen) atoms. The summed E-state index contributed by atoms with van der Waals surface area (Å²) in [5.41, 5.74) is 10.9. The van der Waals surface area contributed by atoms with Gasteiger partial charge < -0.3 is 10.5 Å². The van der Waals surface area contributed by atoms with Gasteiger partial charge in [0.2, 0.25) is 0 Å². The molecule has 0 saturated heterocycles. The van der Waals surface area contributed by atoms with Crippen molar-refractivity contribution in [3.8, 4) is 11.5 Å². The zero-order valence-electron chi connectivity index (χ0n) is 15.6. The predicted octanol–water partition coefficient (Wildman–Crippen LogP) is 5.85. The van der Waals surface area contributed by atoms with Gasteiger partial charge in [0.05, 0.1) is 0 Å². The number of anilines is 1. The SMILES string of the molecule is CC1(C)c2ccccc2CC1(C)c1ccc(Oc2ccc(N)cc2)cc1. The molecule has 0 bridgehead atoms. The van der Waals surface area contributed by atoms with Crippen LogP contribution in [0.1, 0.15) is 37.5 Å². The quantitative estimate of drug-likeness (QED) is 0.605. The van der Waals surface area contributed by atoms with E-state index in [9.17, 15) is 0 Å². The molecule has 1 aliphatic rings. The third kappa shape index (κ3) is 2.57. The van der Waals surface area contributed by atoms with E-state index in [2.05, 4.69) is 69.3 Å². The molecule has 1 unspecified atom stereocenters. The average molecular weight is 343 g/mol. The molecule has 0 aliphatic heterocycles. The van der Waals surface area contributed by atoms with Crippen molar-refractivity contribution in [1.29, 1.82) is 0 Å². The van der Waals surface area contributed by atoms with Gasteiger partial charge in [-0.1, -0.05) is 57.2 Å². The Morgan fingerprint density at radius 1 is 0.769 bits per heavy atom. The molecule has 1 atom stereocenters. The summed E-state index contributed by atoms with van der Waals surface area (Å²) in [6, 6.07) is 24.9. The molecule has 2 nitrogen and oxygen atoms in total. The molecule has 0 aromatic heterocycles. The van der Waals surface area contributed by atoms with Crippen molar-refractivity contribution in [1.82, 2.24) is 0 Å². The predicted molar refractivity (Wildman–Crippen MR) is 108 cm³/mol. The number of nitrogens with two attached hydrogens (primary N) is 1. The van der Waals surface area contributed by atoms with Crippen LogP contribution in [0, 0.1) is 0 Å². The molecule has 0 heterocycles. The van der Waals surface area contributed by atoms with Gasteiger partial charge in [-0.25, -0.2) is 0 Å². The lowest BCUT2D eigenvalue weighted by Gasteiger charge is -2.39. The van der Waals surface area contributed by atoms with E-state index in [0.717, 1.165) is 23.6 Å². The van der Waals surface area contributed by atoms with Crippen LogP contribution in [0.4, 0.5) is 5.69 Å². The summed E-state index contributed by atoms with van der Waals surface area (Å²) >= 11 is 0. The number of hydrogen-bond acceptors (Lipinski definition) is 2. The van der Waals surface area contributed by atoms with Crippen LogP contribution in [0.3, 0.4) is 0 Å². The third-order valence-electron chi connectivity index (χ3n) is 6.22. The Kier molecular flexibility index (Phi) is 3.80. The van der Waals surface area contributed by atoms with Crippen molar-refractivity contribution >= 4 is 5.69 Å². The van der Waals surface area contributed by atoms with Crippen molar-refractivity contribution in [2.24, 2.45) is 0 Å². The highest BCUT2D eigenvalue weighted by molar-refractivity contribution is 5.50. The molecule has 0 spiro atoms. The van der Waals surface area contributed by atoms with Gasteiger partial charge in [-0.05, 0) is 64.9 Å². The summed E-state index contributed by atoms with van der Waals surface area (Å²) in [5, 5.41) is 0. The fourth-order valence-electron chi connectivity index (χ4n) is 4.21. The van der Waals surface area contributed by atoms with Crippen LogP contribution >= 0.6 is 0 Å². The van der Waals surface area contributed by atoms with Crippen molar-refractivity contribution in [3.05, 3.63) is 89.5 Å². The number of ether oxygens (including phenoxy) is 1. The van der Waals surface area contributed by atoms with Crippen LogP contribution in [0.5, 0.6) is 11.5 Å². The van der Waals surface area contributed by atoms with E-state index in [-0.39, 0.29) is 10.8 Å². The van der Waals surface area contributed by atoms with Gasteiger partial charge in [-0.2, -0.15) is 0 Å². The standard InChI is InChI=1S/C24H25NO/c1-23(2)22-7-5-4-6-17(22)16-24(23,3)18-8-12-20(13-9-18)26-21-14-10-19(25)11-15-21/h4-15H,16,25H2,1-3H3. The van der Waals surface area contributed by atoms with E-state index < -0.39 is 0 Å². The summed E-state index contributed by atoms with van der Waals surface area (Å²) in [6.45, 7) is 7.10. The Bertz CT molecular complexity index is 925. The van der Waals surface area contributed by atoms with E-state index in [0.29, 0.717) is 0 Å². The van der Waals surface area contributed by atoms with E-state index in [1.54, 1.807) is 0 Å². The van der Waals surface area contributed by atoms with Crippen LogP contribution in [0.25, 0.3) is 0 Å². The zero-order chi connectivity index (χ0) is 18.4. The number of rotatable bonds is 3. The smallest absolute Gasteiger partial charge is 0.127 e. The fourth-order valence-corrected chi connectivity index (χ4v) is 4.21. The van der Waals surface area contributed by atoms with Crippen LogP contribution in [-0.4, -0.2) is 0 Å². The molecular formula is C24H25NO. The highest BCUT2D eigenvalue weighted by Crippen LogP contribution is 2.52. The lowest BCUT2D eigenvalue weighted by Crippen LogP contribution is -2.39. The second-order valence-corrected chi connectivity index (χ2v) is 7.99. The monoisotopic (exact) mass is 343 g/mol. The van der Waals surface area contributed by atoms with E-state index in [4.69, 9.17) is 10.5 Å². The third-order valence-corrected chi connectivity index (χ3v) is 6.22. The van der Waals surface area contributed by atoms with Gasteiger partial charge in [0.1, 0.15) is 11.5 Å². The number of nitrogen functional groups attached to an aromatic ring is 1. The Hall–Kier alpha value is -2.74. The molecule has 0 radical (unpaired) electrons. The van der Waals surface area contributed by atoms with Gasteiger partial charge in [0, 0.05) is 11.1 Å². The molecule has 3 aromatic carbocycles. The Balaban J connectivity index is 1.62. The Morgan fingerprint density at radius 2 is 1.35 bits per heavy atom. The zero-order valence-corrected chi connectivity index (χ0v) is 15.6. The first-order valence-corrected chi connectivity index (χ1v) is 9.12. The molecule has 3 aromatic rings. The van der Waals surface area contributed by atoms with Crippen LogP contribution in [0.15, 0.2) is 72.8 Å². The Morgan fingerprint density at radius 3 is 1.96 bits per heavy atom. The molecule has 2 heteroatoms. The van der Waals surface area contributed by atoms with Gasteiger partial charge in [-0.15, -0.1) is 0 Å². The molecule has 1 aliphatic carbocycles. The maximum Gasteiger partial charge on any atom is 0.127 e. The van der Waals surface area contributed by atoms with Crippen LogP contribution in [0.2, 0.25) is 0 Å². The van der Waals surface area contributed by atoms with Gasteiger partial charge >= 0.3 is 0 Å².